The number of alkyl halides is 1. The second-order valence-corrected chi connectivity index (χ2v) is 5.46. The Balaban J connectivity index is 3.11. The van der Waals surface area contributed by atoms with Crippen LogP contribution in [0.2, 0.25) is 5.02 Å². The van der Waals surface area contributed by atoms with Crippen LogP contribution in [0.25, 0.3) is 0 Å². The first-order valence-corrected chi connectivity index (χ1v) is 6.18. The van der Waals surface area contributed by atoms with Crippen molar-refractivity contribution in [1.82, 2.24) is 0 Å². The summed E-state index contributed by atoms with van der Waals surface area (Å²) in [6.45, 7) is 0. The molecule has 1 aromatic rings. The molecular formula is C8H8Cl2O3S. The molecule has 0 spiro atoms. The molecule has 0 saturated heterocycles. The topological polar surface area (TPSA) is 54.4 Å². The zero-order chi connectivity index (χ0) is 10.8. The van der Waals surface area contributed by atoms with Crippen molar-refractivity contribution in [2.75, 3.05) is 5.88 Å². The Morgan fingerprint density at radius 2 is 1.79 bits per heavy atom. The third kappa shape index (κ3) is 2.39. The number of hydrogen-bond acceptors (Lipinski definition) is 3. The first-order valence-electron chi connectivity index (χ1n) is 3.72. The molecule has 78 valence electrons. The second kappa shape index (κ2) is 4.49. The van der Waals surface area contributed by atoms with E-state index < -0.39 is 15.3 Å². The van der Waals surface area contributed by atoms with E-state index in [-0.39, 0.29) is 10.8 Å². The molecule has 14 heavy (non-hydrogen) atoms. The van der Waals surface area contributed by atoms with Gasteiger partial charge in [-0.2, -0.15) is 0 Å². The first kappa shape index (κ1) is 11.8. The van der Waals surface area contributed by atoms with Gasteiger partial charge in [0.05, 0.1) is 10.8 Å². The Morgan fingerprint density at radius 1 is 1.29 bits per heavy atom. The van der Waals surface area contributed by atoms with E-state index in [1.165, 1.54) is 24.3 Å². The van der Waals surface area contributed by atoms with E-state index in [0.717, 1.165) is 0 Å². The molecule has 0 radical (unpaired) electrons. The standard InChI is InChI=1S/C8H8Cl2O3S/c9-5-8(11)14(12,13)7-3-1-6(10)2-4-7/h1-4,8,11H,5H2. The van der Waals surface area contributed by atoms with E-state index in [1.807, 2.05) is 0 Å². The molecule has 0 amide bonds. The molecular weight excluding hydrogens is 247 g/mol. The molecule has 1 aromatic carbocycles. The van der Waals surface area contributed by atoms with Crippen LogP contribution in [-0.2, 0) is 9.84 Å². The lowest BCUT2D eigenvalue weighted by molar-refractivity contribution is 0.271. The number of aliphatic hydroxyl groups is 1. The first-order chi connectivity index (χ1) is 6.48. The molecule has 1 unspecified atom stereocenters. The summed E-state index contributed by atoms with van der Waals surface area (Å²) in [4.78, 5) is 0.00931. The molecule has 1 atom stereocenters. The van der Waals surface area contributed by atoms with Crippen LogP contribution in [-0.4, -0.2) is 24.8 Å². The van der Waals surface area contributed by atoms with Gasteiger partial charge in [0, 0.05) is 5.02 Å². The highest BCUT2D eigenvalue weighted by Crippen LogP contribution is 2.18. The van der Waals surface area contributed by atoms with E-state index in [9.17, 15) is 8.42 Å². The number of halogens is 2. The fourth-order valence-corrected chi connectivity index (χ4v) is 2.48. The summed E-state index contributed by atoms with van der Waals surface area (Å²) in [6.07, 6.45) is 0. The highest BCUT2D eigenvalue weighted by atomic mass is 35.5. The SMILES string of the molecule is O=S(=O)(c1ccc(Cl)cc1)C(O)CCl. The lowest BCUT2D eigenvalue weighted by Gasteiger charge is -2.08. The summed E-state index contributed by atoms with van der Waals surface area (Å²) in [5.41, 5.74) is -1.58. The molecule has 0 bridgehead atoms. The van der Waals surface area contributed by atoms with Gasteiger partial charge in [0.15, 0.2) is 5.44 Å². The molecule has 0 aliphatic rings. The van der Waals surface area contributed by atoms with Crippen molar-refractivity contribution in [1.29, 1.82) is 0 Å². The molecule has 0 aliphatic carbocycles. The Morgan fingerprint density at radius 3 is 2.21 bits per heavy atom. The van der Waals surface area contributed by atoms with Crippen LogP contribution in [0.15, 0.2) is 29.2 Å². The fraction of sp³-hybridized carbons (Fsp3) is 0.250. The Labute approximate surface area is 92.2 Å². The predicted molar refractivity (Wildman–Crippen MR) is 55.4 cm³/mol. The summed E-state index contributed by atoms with van der Waals surface area (Å²) in [6, 6.07) is 5.53. The van der Waals surface area contributed by atoms with Crippen LogP contribution >= 0.6 is 23.2 Å². The number of aliphatic hydroxyl groups excluding tert-OH is 1. The predicted octanol–water partition coefficient (Wildman–Crippen LogP) is 1.67. The van der Waals surface area contributed by atoms with Crippen LogP contribution in [0.4, 0.5) is 0 Å². The van der Waals surface area contributed by atoms with Gasteiger partial charge >= 0.3 is 0 Å². The smallest absolute Gasteiger partial charge is 0.206 e. The Bertz CT molecular complexity index is 399. The van der Waals surface area contributed by atoms with Crippen LogP contribution in [0.1, 0.15) is 0 Å². The van der Waals surface area contributed by atoms with Gasteiger partial charge in [-0.1, -0.05) is 11.6 Å². The van der Waals surface area contributed by atoms with Gasteiger partial charge in [-0.15, -0.1) is 11.6 Å². The minimum absolute atomic E-state index is 0.00931. The van der Waals surface area contributed by atoms with E-state index in [4.69, 9.17) is 28.3 Å². The van der Waals surface area contributed by atoms with Crippen molar-refractivity contribution in [3.8, 4) is 0 Å². The summed E-state index contributed by atoms with van der Waals surface area (Å²) in [5.74, 6) is -0.356. The minimum atomic E-state index is -3.74. The maximum Gasteiger partial charge on any atom is 0.206 e. The number of sulfone groups is 1. The number of benzene rings is 1. The van der Waals surface area contributed by atoms with E-state index in [2.05, 4.69) is 0 Å². The minimum Gasteiger partial charge on any atom is -0.376 e. The number of hydrogen-bond donors (Lipinski definition) is 1. The Hall–Kier alpha value is -0.290. The van der Waals surface area contributed by atoms with Gasteiger partial charge in [0.1, 0.15) is 0 Å². The molecule has 0 fully saturated rings. The van der Waals surface area contributed by atoms with Gasteiger partial charge < -0.3 is 5.11 Å². The van der Waals surface area contributed by atoms with Gasteiger partial charge in [-0.3, -0.25) is 0 Å². The normalized spacial score (nSPS) is 13.9. The van der Waals surface area contributed by atoms with Crippen molar-refractivity contribution in [3.05, 3.63) is 29.3 Å². The van der Waals surface area contributed by atoms with Crippen LogP contribution in [0.5, 0.6) is 0 Å². The third-order valence-electron chi connectivity index (χ3n) is 1.63. The molecule has 0 heterocycles. The van der Waals surface area contributed by atoms with Crippen LogP contribution in [0.3, 0.4) is 0 Å². The van der Waals surface area contributed by atoms with Gasteiger partial charge in [-0.05, 0) is 24.3 Å². The lowest BCUT2D eigenvalue weighted by atomic mass is 10.4. The fourth-order valence-electron chi connectivity index (χ4n) is 0.864. The maximum absolute atomic E-state index is 11.5. The van der Waals surface area contributed by atoms with Crippen molar-refractivity contribution < 1.29 is 13.5 Å². The molecule has 0 aromatic heterocycles. The van der Waals surface area contributed by atoms with Crippen molar-refractivity contribution in [3.63, 3.8) is 0 Å². The van der Waals surface area contributed by atoms with Gasteiger partial charge in [0.25, 0.3) is 0 Å². The highest BCUT2D eigenvalue weighted by molar-refractivity contribution is 7.92. The van der Waals surface area contributed by atoms with Crippen molar-refractivity contribution >= 4 is 33.0 Å². The average Bonchev–Trinajstić information content (AvgIpc) is 2.17. The maximum atomic E-state index is 11.5. The largest absolute Gasteiger partial charge is 0.376 e. The van der Waals surface area contributed by atoms with Crippen LogP contribution < -0.4 is 0 Å². The molecule has 3 nitrogen and oxygen atoms in total. The molecule has 1 rings (SSSR count). The quantitative estimate of drug-likeness (QED) is 0.836. The zero-order valence-electron chi connectivity index (χ0n) is 7.02. The van der Waals surface area contributed by atoms with Crippen LogP contribution in [0, 0.1) is 0 Å². The Kier molecular flexibility index (Phi) is 3.78. The third-order valence-corrected chi connectivity index (χ3v) is 4.17. The summed E-state index contributed by atoms with van der Waals surface area (Å²) < 4.78 is 23.0. The monoisotopic (exact) mass is 254 g/mol. The lowest BCUT2D eigenvalue weighted by Crippen LogP contribution is -2.22. The molecule has 0 saturated carbocycles. The van der Waals surface area contributed by atoms with Crippen molar-refractivity contribution in [2.24, 2.45) is 0 Å². The second-order valence-electron chi connectivity index (χ2n) is 2.61. The molecule has 0 aliphatic heterocycles. The van der Waals surface area contributed by atoms with Gasteiger partial charge in [-0.25, -0.2) is 8.42 Å². The van der Waals surface area contributed by atoms with E-state index in [1.54, 1.807) is 0 Å². The zero-order valence-corrected chi connectivity index (χ0v) is 9.35. The van der Waals surface area contributed by atoms with Gasteiger partial charge in [0.2, 0.25) is 9.84 Å². The highest BCUT2D eigenvalue weighted by Gasteiger charge is 2.23. The molecule has 1 N–H and O–H groups in total. The van der Waals surface area contributed by atoms with E-state index in [0.29, 0.717) is 5.02 Å². The summed E-state index contributed by atoms with van der Waals surface area (Å²) in [5, 5.41) is 9.59. The summed E-state index contributed by atoms with van der Waals surface area (Å²) in [7, 11) is -3.74. The van der Waals surface area contributed by atoms with Crippen molar-refractivity contribution in [2.45, 2.75) is 10.3 Å². The number of rotatable bonds is 3. The molecule has 6 heteroatoms. The summed E-state index contributed by atoms with van der Waals surface area (Å²) >= 11 is 10.9. The van der Waals surface area contributed by atoms with E-state index >= 15 is 0 Å². The average molecular weight is 255 g/mol.